The molecular weight excluding hydrogens is 200 g/mol. The maximum Gasteiger partial charge on any atom is 0.243 e. The first kappa shape index (κ1) is 9.58. The number of fused-ring (bicyclic) bond motifs is 1. The van der Waals surface area contributed by atoms with Crippen LogP contribution in [0.15, 0.2) is 29.4 Å². The molecule has 2 aliphatic carbocycles. The molecule has 0 aromatic heterocycles. The minimum atomic E-state index is 0.0804. The van der Waals surface area contributed by atoms with Crippen molar-refractivity contribution < 1.29 is 4.79 Å². The highest BCUT2D eigenvalue weighted by Crippen LogP contribution is 2.29. The number of nitrogens with zero attached hydrogens (tertiary/aromatic N) is 1. The summed E-state index contributed by atoms with van der Waals surface area (Å²) in [5, 5.41) is 4.24. The molecule has 1 amide bonds. The van der Waals surface area contributed by atoms with Crippen molar-refractivity contribution in [2.75, 3.05) is 0 Å². The van der Waals surface area contributed by atoms with Gasteiger partial charge in [0.15, 0.2) is 0 Å². The van der Waals surface area contributed by atoms with E-state index in [0.29, 0.717) is 0 Å². The van der Waals surface area contributed by atoms with Crippen molar-refractivity contribution in [2.24, 2.45) is 11.0 Å². The van der Waals surface area contributed by atoms with Gasteiger partial charge in [-0.15, -0.1) is 0 Å². The van der Waals surface area contributed by atoms with Gasteiger partial charge in [-0.1, -0.05) is 24.3 Å². The Morgan fingerprint density at radius 1 is 1.25 bits per heavy atom. The molecule has 0 heterocycles. The summed E-state index contributed by atoms with van der Waals surface area (Å²) < 4.78 is 0. The van der Waals surface area contributed by atoms with Gasteiger partial charge < -0.3 is 0 Å². The molecular formula is C13H14N2O. The number of hydrogen-bond donors (Lipinski definition) is 1. The topological polar surface area (TPSA) is 41.5 Å². The Hall–Kier alpha value is -1.64. The predicted octanol–water partition coefficient (Wildman–Crippen LogP) is 1.86. The molecule has 1 aromatic carbocycles. The molecule has 3 nitrogen and oxygen atoms in total. The van der Waals surface area contributed by atoms with Crippen LogP contribution in [0.4, 0.5) is 0 Å². The van der Waals surface area contributed by atoms with Crippen LogP contribution in [0.3, 0.4) is 0 Å². The Morgan fingerprint density at radius 2 is 2.06 bits per heavy atom. The quantitative estimate of drug-likeness (QED) is 0.750. The Balaban J connectivity index is 1.76. The number of rotatable bonds is 2. The van der Waals surface area contributed by atoms with E-state index in [1.165, 1.54) is 11.1 Å². The van der Waals surface area contributed by atoms with Crippen LogP contribution < -0.4 is 5.43 Å². The lowest BCUT2D eigenvalue weighted by Gasteiger charge is -2.01. The normalized spacial score (nSPS) is 20.9. The molecule has 16 heavy (non-hydrogen) atoms. The summed E-state index contributed by atoms with van der Waals surface area (Å²) in [5.74, 6) is 0.304. The van der Waals surface area contributed by atoms with Crippen LogP contribution in [0.25, 0.3) is 0 Å². The minimum Gasteiger partial charge on any atom is -0.273 e. The molecule has 0 spiro atoms. The first-order valence-electron chi connectivity index (χ1n) is 5.79. The summed E-state index contributed by atoms with van der Waals surface area (Å²) in [4.78, 5) is 11.5. The standard InChI is InChI=1S/C13H14N2O/c16-13(10-5-6-10)15-14-12-8-7-9-3-1-2-4-11(9)12/h1-4,10H,5-8H2,(H,15,16)/b14-12-. The summed E-state index contributed by atoms with van der Waals surface area (Å²) in [5.41, 5.74) is 6.22. The van der Waals surface area contributed by atoms with Crippen LogP contribution in [0.1, 0.15) is 30.4 Å². The smallest absolute Gasteiger partial charge is 0.243 e. The maximum atomic E-state index is 11.5. The second-order valence-electron chi connectivity index (χ2n) is 4.47. The van der Waals surface area contributed by atoms with Gasteiger partial charge in [-0.05, 0) is 31.2 Å². The summed E-state index contributed by atoms with van der Waals surface area (Å²) in [6.45, 7) is 0. The maximum absolute atomic E-state index is 11.5. The number of amides is 1. The lowest BCUT2D eigenvalue weighted by molar-refractivity contribution is -0.122. The molecule has 0 bridgehead atoms. The van der Waals surface area contributed by atoms with Gasteiger partial charge in [-0.2, -0.15) is 5.10 Å². The second kappa shape index (κ2) is 3.74. The van der Waals surface area contributed by atoms with Gasteiger partial charge in [-0.3, -0.25) is 4.79 Å². The zero-order valence-electron chi connectivity index (χ0n) is 9.07. The molecule has 1 aromatic rings. The molecule has 1 saturated carbocycles. The van der Waals surface area contributed by atoms with Gasteiger partial charge in [0, 0.05) is 11.5 Å². The van der Waals surface area contributed by atoms with Crippen LogP contribution in [-0.4, -0.2) is 11.6 Å². The van der Waals surface area contributed by atoms with Crippen molar-refractivity contribution >= 4 is 11.6 Å². The first-order valence-corrected chi connectivity index (χ1v) is 5.79. The fourth-order valence-electron chi connectivity index (χ4n) is 2.08. The molecule has 2 aliphatic rings. The molecule has 1 N–H and O–H groups in total. The Bertz CT molecular complexity index is 461. The van der Waals surface area contributed by atoms with E-state index >= 15 is 0 Å². The minimum absolute atomic E-state index is 0.0804. The fourth-order valence-corrected chi connectivity index (χ4v) is 2.08. The van der Waals surface area contributed by atoms with Gasteiger partial charge in [0.25, 0.3) is 0 Å². The molecule has 0 radical (unpaired) electrons. The Morgan fingerprint density at radius 3 is 2.88 bits per heavy atom. The highest BCUT2D eigenvalue weighted by Gasteiger charge is 2.29. The van der Waals surface area contributed by atoms with E-state index < -0.39 is 0 Å². The highest BCUT2D eigenvalue weighted by molar-refractivity contribution is 6.04. The monoisotopic (exact) mass is 214 g/mol. The molecule has 0 aliphatic heterocycles. The summed E-state index contributed by atoms with van der Waals surface area (Å²) in [6.07, 6.45) is 4.01. The van der Waals surface area contributed by atoms with E-state index in [-0.39, 0.29) is 11.8 Å². The van der Waals surface area contributed by atoms with E-state index in [1.807, 2.05) is 12.1 Å². The average Bonchev–Trinajstić information content (AvgIpc) is 3.08. The second-order valence-corrected chi connectivity index (χ2v) is 4.47. The Labute approximate surface area is 94.6 Å². The van der Waals surface area contributed by atoms with E-state index in [9.17, 15) is 4.79 Å². The van der Waals surface area contributed by atoms with Gasteiger partial charge >= 0.3 is 0 Å². The lowest BCUT2D eigenvalue weighted by Crippen LogP contribution is -2.20. The number of nitrogens with one attached hydrogen (secondary N) is 1. The molecule has 0 saturated heterocycles. The van der Waals surface area contributed by atoms with Gasteiger partial charge in [-0.25, -0.2) is 5.43 Å². The molecule has 0 atom stereocenters. The lowest BCUT2D eigenvalue weighted by atomic mass is 10.1. The molecule has 0 unspecified atom stereocenters. The van der Waals surface area contributed by atoms with Crippen molar-refractivity contribution in [1.82, 2.24) is 5.43 Å². The van der Waals surface area contributed by atoms with Crippen LogP contribution >= 0.6 is 0 Å². The molecule has 1 fully saturated rings. The number of hydrazone groups is 1. The van der Waals surface area contributed by atoms with E-state index in [4.69, 9.17) is 0 Å². The number of aryl methyl sites for hydroxylation is 1. The average molecular weight is 214 g/mol. The number of carbonyl (C=O) groups is 1. The third-order valence-corrected chi connectivity index (χ3v) is 3.21. The number of benzene rings is 1. The zero-order valence-corrected chi connectivity index (χ0v) is 9.07. The fraction of sp³-hybridized carbons (Fsp3) is 0.385. The van der Waals surface area contributed by atoms with E-state index in [2.05, 4.69) is 22.7 Å². The first-order chi connectivity index (χ1) is 7.84. The third-order valence-electron chi connectivity index (χ3n) is 3.21. The summed E-state index contributed by atoms with van der Waals surface area (Å²) in [7, 11) is 0. The highest BCUT2D eigenvalue weighted by atomic mass is 16.2. The van der Waals surface area contributed by atoms with Crippen LogP contribution in [0.5, 0.6) is 0 Å². The van der Waals surface area contributed by atoms with Gasteiger partial charge in [0.1, 0.15) is 0 Å². The van der Waals surface area contributed by atoms with E-state index in [1.54, 1.807) is 0 Å². The molecule has 3 rings (SSSR count). The van der Waals surface area contributed by atoms with E-state index in [0.717, 1.165) is 31.4 Å². The predicted molar refractivity (Wildman–Crippen MR) is 62.2 cm³/mol. The SMILES string of the molecule is O=C(N/N=C1/CCc2ccccc21)C1CC1. The molecule has 3 heteroatoms. The third kappa shape index (κ3) is 1.73. The summed E-state index contributed by atoms with van der Waals surface area (Å²) >= 11 is 0. The van der Waals surface area contributed by atoms with Crippen molar-refractivity contribution in [2.45, 2.75) is 25.7 Å². The van der Waals surface area contributed by atoms with Crippen molar-refractivity contribution in [3.8, 4) is 0 Å². The number of carbonyl (C=O) groups excluding carboxylic acids is 1. The van der Waals surface area contributed by atoms with Crippen LogP contribution in [0, 0.1) is 5.92 Å². The molecule has 82 valence electrons. The van der Waals surface area contributed by atoms with Gasteiger partial charge in [0.2, 0.25) is 5.91 Å². The van der Waals surface area contributed by atoms with Crippen molar-refractivity contribution in [3.63, 3.8) is 0 Å². The summed E-state index contributed by atoms with van der Waals surface area (Å²) in [6, 6.07) is 8.26. The van der Waals surface area contributed by atoms with Crippen molar-refractivity contribution in [1.29, 1.82) is 0 Å². The van der Waals surface area contributed by atoms with Gasteiger partial charge in [0.05, 0.1) is 5.71 Å². The largest absolute Gasteiger partial charge is 0.273 e. The Kier molecular flexibility index (Phi) is 2.24. The number of hydrogen-bond acceptors (Lipinski definition) is 2. The van der Waals surface area contributed by atoms with Crippen molar-refractivity contribution in [3.05, 3.63) is 35.4 Å². The van der Waals surface area contributed by atoms with Crippen LogP contribution in [-0.2, 0) is 11.2 Å². The zero-order chi connectivity index (χ0) is 11.0. The van der Waals surface area contributed by atoms with Crippen LogP contribution in [0.2, 0.25) is 0 Å².